The molecule has 13 heavy (non-hydrogen) atoms. The van der Waals surface area contributed by atoms with E-state index in [9.17, 15) is 4.79 Å². The molecule has 0 heterocycles. The topological polar surface area (TPSA) is 40.5 Å². The first-order chi connectivity index (χ1) is 6.11. The van der Waals surface area contributed by atoms with Crippen molar-refractivity contribution in [2.45, 2.75) is 45.6 Å². The van der Waals surface area contributed by atoms with E-state index in [0.717, 1.165) is 19.3 Å². The Balaban J connectivity index is 3.76. The molecule has 3 heteroatoms. The summed E-state index contributed by atoms with van der Waals surface area (Å²) in [6, 6.07) is 0.546. The summed E-state index contributed by atoms with van der Waals surface area (Å²) in [4.78, 5) is 12.5. The predicted molar refractivity (Wildman–Crippen MR) is 53.9 cm³/mol. The van der Waals surface area contributed by atoms with Crippen LogP contribution in [0.1, 0.15) is 39.5 Å². The summed E-state index contributed by atoms with van der Waals surface area (Å²) >= 11 is 0. The van der Waals surface area contributed by atoms with Gasteiger partial charge in [-0.15, -0.1) is 0 Å². The summed E-state index contributed by atoms with van der Waals surface area (Å²) in [5.41, 5.74) is 0. The molecule has 0 aliphatic rings. The van der Waals surface area contributed by atoms with Crippen LogP contribution in [0.2, 0.25) is 0 Å². The Hall–Kier alpha value is -0.570. The van der Waals surface area contributed by atoms with E-state index >= 15 is 0 Å². The lowest BCUT2D eigenvalue weighted by Crippen LogP contribution is -2.32. The highest BCUT2D eigenvalue weighted by Gasteiger charge is 2.11. The van der Waals surface area contributed by atoms with Crippen molar-refractivity contribution in [2.75, 3.05) is 13.6 Å². The maximum Gasteiger partial charge on any atom is 0.304 e. The second kappa shape index (κ2) is 6.89. The van der Waals surface area contributed by atoms with Gasteiger partial charge in [0.2, 0.25) is 0 Å². The minimum Gasteiger partial charge on any atom is -0.481 e. The number of rotatable bonds is 7. The van der Waals surface area contributed by atoms with Crippen molar-refractivity contribution < 1.29 is 9.90 Å². The van der Waals surface area contributed by atoms with E-state index in [-0.39, 0.29) is 6.42 Å². The fourth-order valence-electron chi connectivity index (χ4n) is 1.52. The molecule has 0 aliphatic carbocycles. The molecule has 0 fully saturated rings. The molecule has 0 aliphatic heterocycles. The number of hydrogen-bond donors (Lipinski definition) is 1. The van der Waals surface area contributed by atoms with Crippen LogP contribution in [0.3, 0.4) is 0 Å². The summed E-state index contributed by atoms with van der Waals surface area (Å²) < 4.78 is 0. The molecule has 78 valence electrons. The van der Waals surface area contributed by atoms with Gasteiger partial charge in [0.05, 0.1) is 6.42 Å². The zero-order chi connectivity index (χ0) is 10.3. The molecule has 0 spiro atoms. The SMILES string of the molecule is CCCC(CC)N(C)CCC(=O)O. The second-order valence-electron chi connectivity index (χ2n) is 3.48. The Bertz CT molecular complexity index is 148. The minimum atomic E-state index is -0.710. The average molecular weight is 187 g/mol. The van der Waals surface area contributed by atoms with Crippen molar-refractivity contribution in [3.8, 4) is 0 Å². The lowest BCUT2D eigenvalue weighted by Gasteiger charge is -2.26. The number of carboxylic acid groups (broad SMARTS) is 1. The summed E-state index contributed by atoms with van der Waals surface area (Å²) in [5, 5.41) is 8.52. The molecule has 0 bridgehead atoms. The van der Waals surface area contributed by atoms with Crippen LogP contribution in [-0.4, -0.2) is 35.6 Å². The van der Waals surface area contributed by atoms with Gasteiger partial charge in [0.1, 0.15) is 0 Å². The fourth-order valence-corrected chi connectivity index (χ4v) is 1.52. The molecule has 0 aromatic heterocycles. The van der Waals surface area contributed by atoms with Crippen LogP contribution >= 0.6 is 0 Å². The van der Waals surface area contributed by atoms with Crippen LogP contribution in [0.15, 0.2) is 0 Å². The molecular formula is C10H21NO2. The van der Waals surface area contributed by atoms with Crippen molar-refractivity contribution in [3.05, 3.63) is 0 Å². The Kier molecular flexibility index (Phi) is 6.59. The lowest BCUT2D eigenvalue weighted by atomic mass is 10.1. The van der Waals surface area contributed by atoms with Gasteiger partial charge in [0.15, 0.2) is 0 Å². The van der Waals surface area contributed by atoms with Gasteiger partial charge in [-0.2, -0.15) is 0 Å². The first-order valence-electron chi connectivity index (χ1n) is 5.03. The lowest BCUT2D eigenvalue weighted by molar-refractivity contribution is -0.137. The summed E-state index contributed by atoms with van der Waals surface area (Å²) in [6.45, 7) is 4.97. The first kappa shape index (κ1) is 12.4. The van der Waals surface area contributed by atoms with Gasteiger partial charge in [-0.1, -0.05) is 20.3 Å². The number of aliphatic carboxylic acids is 1. The third kappa shape index (κ3) is 5.64. The van der Waals surface area contributed by atoms with E-state index in [1.165, 1.54) is 0 Å². The molecule has 3 nitrogen and oxygen atoms in total. The maximum atomic E-state index is 10.3. The Morgan fingerprint density at radius 3 is 2.46 bits per heavy atom. The Morgan fingerprint density at radius 2 is 2.08 bits per heavy atom. The van der Waals surface area contributed by atoms with Crippen LogP contribution in [0.4, 0.5) is 0 Å². The van der Waals surface area contributed by atoms with Crippen LogP contribution in [0.5, 0.6) is 0 Å². The number of hydrogen-bond acceptors (Lipinski definition) is 2. The molecule has 1 N–H and O–H groups in total. The van der Waals surface area contributed by atoms with Crippen LogP contribution < -0.4 is 0 Å². The summed E-state index contributed by atoms with van der Waals surface area (Å²) in [5.74, 6) is -0.710. The third-order valence-corrected chi connectivity index (χ3v) is 2.39. The van der Waals surface area contributed by atoms with Crippen LogP contribution in [0.25, 0.3) is 0 Å². The smallest absolute Gasteiger partial charge is 0.304 e. The first-order valence-corrected chi connectivity index (χ1v) is 5.03. The van der Waals surface area contributed by atoms with E-state index in [1.54, 1.807) is 0 Å². The largest absolute Gasteiger partial charge is 0.481 e. The molecule has 0 rings (SSSR count). The molecular weight excluding hydrogens is 166 g/mol. The van der Waals surface area contributed by atoms with Crippen molar-refractivity contribution in [3.63, 3.8) is 0 Å². The Morgan fingerprint density at radius 1 is 1.46 bits per heavy atom. The van der Waals surface area contributed by atoms with E-state index in [1.807, 2.05) is 7.05 Å². The van der Waals surface area contributed by atoms with Gasteiger partial charge in [-0.3, -0.25) is 4.79 Å². The average Bonchev–Trinajstić information content (AvgIpc) is 2.10. The van der Waals surface area contributed by atoms with Gasteiger partial charge in [0.25, 0.3) is 0 Å². The van der Waals surface area contributed by atoms with Crippen molar-refractivity contribution in [1.82, 2.24) is 4.90 Å². The molecule has 1 atom stereocenters. The standard InChI is InChI=1S/C10H21NO2/c1-4-6-9(5-2)11(3)8-7-10(12)13/h9H,4-8H2,1-3H3,(H,12,13). The van der Waals surface area contributed by atoms with Crippen molar-refractivity contribution in [1.29, 1.82) is 0 Å². The molecule has 1 unspecified atom stereocenters. The van der Waals surface area contributed by atoms with E-state index < -0.39 is 5.97 Å². The zero-order valence-corrected chi connectivity index (χ0v) is 8.92. The number of nitrogens with zero attached hydrogens (tertiary/aromatic N) is 1. The molecule has 0 saturated heterocycles. The molecule has 0 saturated carbocycles. The second-order valence-corrected chi connectivity index (χ2v) is 3.48. The highest BCUT2D eigenvalue weighted by Crippen LogP contribution is 2.08. The highest BCUT2D eigenvalue weighted by molar-refractivity contribution is 5.66. The van der Waals surface area contributed by atoms with Crippen LogP contribution in [0, 0.1) is 0 Å². The molecule has 0 radical (unpaired) electrons. The molecule has 0 amide bonds. The minimum absolute atomic E-state index is 0.247. The quantitative estimate of drug-likeness (QED) is 0.662. The third-order valence-electron chi connectivity index (χ3n) is 2.39. The van der Waals surface area contributed by atoms with Gasteiger partial charge in [-0.25, -0.2) is 0 Å². The predicted octanol–water partition coefficient (Wildman–Crippen LogP) is 1.97. The Labute approximate surface area is 80.7 Å². The monoisotopic (exact) mass is 187 g/mol. The van der Waals surface area contributed by atoms with E-state index in [0.29, 0.717) is 12.6 Å². The van der Waals surface area contributed by atoms with Gasteiger partial charge in [-0.05, 0) is 19.9 Å². The summed E-state index contributed by atoms with van der Waals surface area (Å²) in [7, 11) is 2.01. The highest BCUT2D eigenvalue weighted by atomic mass is 16.4. The number of carboxylic acids is 1. The van der Waals surface area contributed by atoms with Gasteiger partial charge >= 0.3 is 5.97 Å². The fraction of sp³-hybridized carbons (Fsp3) is 0.900. The maximum absolute atomic E-state index is 10.3. The molecule has 0 aromatic carbocycles. The van der Waals surface area contributed by atoms with E-state index in [4.69, 9.17) is 5.11 Å². The zero-order valence-electron chi connectivity index (χ0n) is 8.92. The number of carbonyl (C=O) groups is 1. The normalized spacial score (nSPS) is 13.2. The van der Waals surface area contributed by atoms with Crippen molar-refractivity contribution >= 4 is 5.97 Å². The molecule has 0 aromatic rings. The van der Waals surface area contributed by atoms with E-state index in [2.05, 4.69) is 18.7 Å². The van der Waals surface area contributed by atoms with Gasteiger partial charge < -0.3 is 10.0 Å². The van der Waals surface area contributed by atoms with Crippen LogP contribution in [-0.2, 0) is 4.79 Å². The summed E-state index contributed by atoms with van der Waals surface area (Å²) in [6.07, 6.45) is 3.67. The van der Waals surface area contributed by atoms with Gasteiger partial charge in [0, 0.05) is 12.6 Å². The van der Waals surface area contributed by atoms with Crippen molar-refractivity contribution in [2.24, 2.45) is 0 Å².